The molecule has 0 radical (unpaired) electrons. The number of hydrogen-bond donors (Lipinski definition) is 1. The Morgan fingerprint density at radius 2 is 2.08 bits per heavy atom. The molecule has 2 heterocycles. The number of likely N-dealkylation sites (tertiary alicyclic amines) is 1. The first-order valence-corrected chi connectivity index (χ1v) is 9.96. The van der Waals surface area contributed by atoms with Gasteiger partial charge in [-0.05, 0) is 45.7 Å². The Bertz CT molecular complexity index is 420. The third-order valence-electron chi connectivity index (χ3n) is 6.30. The Labute approximate surface area is 171 Å². The zero-order valence-electron chi connectivity index (χ0n) is 16.1. The van der Waals surface area contributed by atoms with Gasteiger partial charge in [0.05, 0.1) is 6.61 Å². The Morgan fingerprint density at radius 1 is 1.28 bits per heavy atom. The molecule has 2 aliphatic heterocycles. The third kappa shape index (κ3) is 5.70. The summed E-state index contributed by atoms with van der Waals surface area (Å²) in [6.07, 6.45) is 10.7. The first-order valence-electron chi connectivity index (χ1n) is 9.96. The van der Waals surface area contributed by atoms with Crippen molar-refractivity contribution >= 4 is 29.9 Å². The normalized spacial score (nSPS) is 28.0. The van der Waals surface area contributed by atoms with E-state index in [2.05, 4.69) is 27.2 Å². The van der Waals surface area contributed by atoms with E-state index < -0.39 is 0 Å². The Balaban J connectivity index is 0.00000225. The topological polar surface area (TPSA) is 40.1 Å². The Kier molecular flexibility index (Phi) is 8.75. The van der Waals surface area contributed by atoms with Crippen LogP contribution >= 0.6 is 24.0 Å². The number of nitrogens with zero attached hydrogens (tertiary/aromatic N) is 3. The summed E-state index contributed by atoms with van der Waals surface area (Å²) < 4.78 is 5.63. The second kappa shape index (κ2) is 10.3. The summed E-state index contributed by atoms with van der Waals surface area (Å²) in [5.74, 6) is 1.08. The highest BCUT2D eigenvalue weighted by Gasteiger charge is 2.42. The lowest BCUT2D eigenvalue weighted by Gasteiger charge is -2.31. The smallest absolute Gasteiger partial charge is 0.193 e. The molecule has 0 bridgehead atoms. The molecule has 3 aliphatic rings. The summed E-state index contributed by atoms with van der Waals surface area (Å²) in [6.45, 7) is 6.30. The molecule has 1 aliphatic carbocycles. The van der Waals surface area contributed by atoms with Crippen molar-refractivity contribution in [1.29, 1.82) is 0 Å². The summed E-state index contributed by atoms with van der Waals surface area (Å²) in [5.41, 5.74) is 0.402. The van der Waals surface area contributed by atoms with Crippen molar-refractivity contribution in [3.05, 3.63) is 0 Å². The predicted molar refractivity (Wildman–Crippen MR) is 115 cm³/mol. The number of ether oxygens (including phenoxy) is 1. The number of hydrogen-bond acceptors (Lipinski definition) is 3. The summed E-state index contributed by atoms with van der Waals surface area (Å²) in [7, 11) is 4.21. The van der Waals surface area contributed by atoms with Crippen molar-refractivity contribution in [3.63, 3.8) is 0 Å². The second-order valence-electron chi connectivity index (χ2n) is 8.07. The standard InChI is InChI=1S/C19H36N4O.HI/c1-20-18(23-13-9-19(15-23)10-14-24-16-19)21-11-6-12-22(2)17-7-4-3-5-8-17;/h17H,3-16H2,1-2H3,(H,20,21);1H. The Hall–Kier alpha value is -0.0800. The maximum absolute atomic E-state index is 5.63. The lowest BCUT2D eigenvalue weighted by Crippen LogP contribution is -2.42. The molecule has 3 fully saturated rings. The number of halogens is 1. The molecule has 0 aromatic heterocycles. The lowest BCUT2D eigenvalue weighted by atomic mass is 9.87. The molecule has 5 nitrogen and oxygen atoms in total. The van der Waals surface area contributed by atoms with Gasteiger partial charge in [0, 0.05) is 44.7 Å². The van der Waals surface area contributed by atoms with E-state index in [1.807, 2.05) is 7.05 Å². The van der Waals surface area contributed by atoms with Crippen LogP contribution in [0.25, 0.3) is 0 Å². The average Bonchev–Trinajstić information content (AvgIpc) is 3.26. The highest BCUT2D eigenvalue weighted by molar-refractivity contribution is 14.0. The van der Waals surface area contributed by atoms with Gasteiger partial charge >= 0.3 is 0 Å². The summed E-state index contributed by atoms with van der Waals surface area (Å²) in [4.78, 5) is 9.51. The van der Waals surface area contributed by atoms with E-state index in [0.717, 1.165) is 44.8 Å². The summed E-state index contributed by atoms with van der Waals surface area (Å²) in [6, 6.07) is 0.818. The van der Waals surface area contributed by atoms with E-state index in [1.165, 1.54) is 57.9 Å². The maximum Gasteiger partial charge on any atom is 0.193 e. The molecule has 3 rings (SSSR count). The fraction of sp³-hybridized carbons (Fsp3) is 0.947. The summed E-state index contributed by atoms with van der Waals surface area (Å²) in [5, 5.41) is 3.58. The molecule has 25 heavy (non-hydrogen) atoms. The molecule has 0 amide bonds. The van der Waals surface area contributed by atoms with Crippen LogP contribution in [0.2, 0.25) is 0 Å². The molecule has 0 aromatic carbocycles. The van der Waals surface area contributed by atoms with Crippen LogP contribution < -0.4 is 5.32 Å². The monoisotopic (exact) mass is 464 g/mol. The Morgan fingerprint density at radius 3 is 2.76 bits per heavy atom. The fourth-order valence-corrected chi connectivity index (χ4v) is 4.65. The van der Waals surface area contributed by atoms with Crippen molar-refractivity contribution in [2.45, 2.75) is 57.4 Å². The molecule has 1 unspecified atom stereocenters. The highest BCUT2D eigenvalue weighted by atomic mass is 127. The maximum atomic E-state index is 5.63. The lowest BCUT2D eigenvalue weighted by molar-refractivity contribution is 0.156. The molecule has 1 saturated carbocycles. The van der Waals surface area contributed by atoms with Gasteiger partial charge in [-0.3, -0.25) is 4.99 Å². The minimum atomic E-state index is 0. The minimum Gasteiger partial charge on any atom is -0.381 e. The van der Waals surface area contributed by atoms with Gasteiger partial charge in [-0.2, -0.15) is 0 Å². The van der Waals surface area contributed by atoms with Gasteiger partial charge in [-0.25, -0.2) is 0 Å². The first-order chi connectivity index (χ1) is 11.7. The highest BCUT2D eigenvalue weighted by Crippen LogP contribution is 2.38. The van der Waals surface area contributed by atoms with Crippen molar-refractivity contribution in [2.24, 2.45) is 10.4 Å². The first kappa shape index (κ1) is 21.2. The molecule has 6 heteroatoms. The number of aliphatic imine (C=N–C) groups is 1. The van der Waals surface area contributed by atoms with Crippen LogP contribution in [0, 0.1) is 5.41 Å². The average molecular weight is 464 g/mol. The number of nitrogens with one attached hydrogen (secondary N) is 1. The van der Waals surface area contributed by atoms with Crippen LogP contribution in [0.3, 0.4) is 0 Å². The van der Waals surface area contributed by atoms with E-state index in [-0.39, 0.29) is 24.0 Å². The third-order valence-corrected chi connectivity index (χ3v) is 6.30. The van der Waals surface area contributed by atoms with Crippen molar-refractivity contribution in [2.75, 3.05) is 53.5 Å². The minimum absolute atomic E-state index is 0. The molecule has 1 atom stereocenters. The van der Waals surface area contributed by atoms with E-state index in [4.69, 9.17) is 4.74 Å². The molecule has 146 valence electrons. The predicted octanol–water partition coefficient (Wildman–Crippen LogP) is 2.95. The van der Waals surface area contributed by atoms with Gasteiger partial charge in [0.15, 0.2) is 5.96 Å². The van der Waals surface area contributed by atoms with Crippen molar-refractivity contribution in [3.8, 4) is 0 Å². The fourth-order valence-electron chi connectivity index (χ4n) is 4.65. The van der Waals surface area contributed by atoms with Crippen LogP contribution in [-0.2, 0) is 4.74 Å². The zero-order chi connectivity index (χ0) is 16.8. The van der Waals surface area contributed by atoms with Crippen LogP contribution in [0.1, 0.15) is 51.4 Å². The molecule has 2 saturated heterocycles. The van der Waals surface area contributed by atoms with E-state index >= 15 is 0 Å². The summed E-state index contributed by atoms with van der Waals surface area (Å²) >= 11 is 0. The number of guanidine groups is 1. The van der Waals surface area contributed by atoms with Gasteiger partial charge < -0.3 is 19.9 Å². The quantitative estimate of drug-likeness (QED) is 0.294. The van der Waals surface area contributed by atoms with Gasteiger partial charge in [-0.1, -0.05) is 19.3 Å². The molecular formula is C19H37IN4O. The van der Waals surface area contributed by atoms with Gasteiger partial charge in [-0.15, -0.1) is 24.0 Å². The van der Waals surface area contributed by atoms with E-state index in [0.29, 0.717) is 5.41 Å². The molecule has 0 aromatic rings. The molecular weight excluding hydrogens is 427 g/mol. The van der Waals surface area contributed by atoms with E-state index in [9.17, 15) is 0 Å². The van der Waals surface area contributed by atoms with Crippen LogP contribution in [0.15, 0.2) is 4.99 Å². The van der Waals surface area contributed by atoms with Crippen LogP contribution in [0.5, 0.6) is 0 Å². The van der Waals surface area contributed by atoms with Gasteiger partial charge in [0.2, 0.25) is 0 Å². The van der Waals surface area contributed by atoms with Crippen LogP contribution in [-0.4, -0.2) is 75.3 Å². The van der Waals surface area contributed by atoms with Crippen LogP contribution in [0.4, 0.5) is 0 Å². The molecule has 1 spiro atoms. The molecule has 1 N–H and O–H groups in total. The van der Waals surface area contributed by atoms with Gasteiger partial charge in [0.25, 0.3) is 0 Å². The van der Waals surface area contributed by atoms with Crippen molar-refractivity contribution < 1.29 is 4.74 Å². The largest absolute Gasteiger partial charge is 0.381 e. The van der Waals surface area contributed by atoms with E-state index in [1.54, 1.807) is 0 Å². The number of rotatable bonds is 5. The zero-order valence-corrected chi connectivity index (χ0v) is 18.5. The SMILES string of the molecule is CN=C(NCCCN(C)C1CCCCC1)N1CCC2(CCOC2)C1.I. The van der Waals surface area contributed by atoms with Crippen molar-refractivity contribution in [1.82, 2.24) is 15.1 Å². The van der Waals surface area contributed by atoms with Gasteiger partial charge in [0.1, 0.15) is 0 Å². The second-order valence-corrected chi connectivity index (χ2v) is 8.07.